The summed E-state index contributed by atoms with van der Waals surface area (Å²) in [5, 5.41) is 19.9. The van der Waals surface area contributed by atoms with Crippen LogP contribution in [0.5, 0.6) is 11.5 Å². The molecule has 126 valence electrons. The number of aliphatic hydroxyl groups is 1. The Kier molecular flexibility index (Phi) is 4.15. The molecule has 3 rings (SSSR count). The number of aromatic hydroxyl groups is 1. The van der Waals surface area contributed by atoms with Crippen LogP contribution >= 0.6 is 0 Å². The van der Waals surface area contributed by atoms with Gasteiger partial charge in [-0.25, -0.2) is 0 Å². The highest BCUT2D eigenvalue weighted by Crippen LogP contribution is 2.56. The summed E-state index contributed by atoms with van der Waals surface area (Å²) in [6.07, 6.45) is 2.21. The number of ether oxygens (including phenoxy) is 2. The molecule has 4 nitrogen and oxygen atoms in total. The predicted octanol–water partition coefficient (Wildman–Crippen LogP) is 3.30. The monoisotopic (exact) mass is 318 g/mol. The molecule has 23 heavy (non-hydrogen) atoms. The second-order valence-electron chi connectivity index (χ2n) is 7.07. The van der Waals surface area contributed by atoms with Gasteiger partial charge in [-0.1, -0.05) is 31.6 Å². The van der Waals surface area contributed by atoms with E-state index in [-0.39, 0.29) is 29.8 Å². The molecule has 1 aliphatic carbocycles. The second-order valence-corrected chi connectivity index (χ2v) is 7.07. The maximum Gasteiger partial charge on any atom is 0.160 e. The van der Waals surface area contributed by atoms with Gasteiger partial charge in [0.2, 0.25) is 0 Å². The summed E-state index contributed by atoms with van der Waals surface area (Å²) in [6, 6.07) is 5.40. The largest absolute Gasteiger partial charge is 0.504 e. The Hall–Kier alpha value is -1.52. The van der Waals surface area contributed by atoms with Crippen LogP contribution in [0.3, 0.4) is 0 Å². The summed E-state index contributed by atoms with van der Waals surface area (Å²) in [5.41, 5.74) is 2.11. The summed E-state index contributed by atoms with van der Waals surface area (Å²) in [4.78, 5) is 0. The van der Waals surface area contributed by atoms with E-state index in [9.17, 15) is 10.2 Å². The first kappa shape index (κ1) is 16.3. The van der Waals surface area contributed by atoms with Crippen LogP contribution in [0.2, 0.25) is 0 Å². The fourth-order valence-corrected chi connectivity index (χ4v) is 4.46. The first-order chi connectivity index (χ1) is 10.9. The van der Waals surface area contributed by atoms with Gasteiger partial charge < -0.3 is 19.7 Å². The Morgan fingerprint density at radius 3 is 2.74 bits per heavy atom. The van der Waals surface area contributed by atoms with Crippen molar-refractivity contribution >= 4 is 0 Å². The fourth-order valence-electron chi connectivity index (χ4n) is 4.46. The highest BCUT2D eigenvalue weighted by molar-refractivity contribution is 5.43. The average molecular weight is 318 g/mol. The van der Waals surface area contributed by atoms with Crippen molar-refractivity contribution in [1.82, 2.24) is 0 Å². The number of methoxy groups -OCH3 is 1. The highest BCUT2D eigenvalue weighted by Gasteiger charge is 2.53. The number of rotatable bonds is 3. The summed E-state index contributed by atoms with van der Waals surface area (Å²) in [7, 11) is 1.55. The molecule has 2 aliphatic rings. The third kappa shape index (κ3) is 2.36. The zero-order valence-electron chi connectivity index (χ0n) is 14.2. The standard InChI is InChI=1S/C19H26O4/c1-11-7-12(2)19(9-20)10-23-18(17(11)13(19)3)14-5-6-15(21)16(8-14)22-4/h5-8,12-13,17-18,20-21H,9-10H2,1-4H3/t12-,13-,17+,18+,19-/m1/s1. The molecular formula is C19H26O4. The molecule has 2 bridgehead atoms. The number of phenols is 1. The zero-order valence-corrected chi connectivity index (χ0v) is 14.2. The van der Waals surface area contributed by atoms with Crippen molar-refractivity contribution in [3.8, 4) is 11.5 Å². The van der Waals surface area contributed by atoms with Crippen LogP contribution in [0.15, 0.2) is 29.8 Å². The average Bonchev–Trinajstić information content (AvgIpc) is 2.53. The van der Waals surface area contributed by atoms with Crippen molar-refractivity contribution in [3.05, 3.63) is 35.4 Å². The molecule has 2 N–H and O–H groups in total. The van der Waals surface area contributed by atoms with Crippen LogP contribution < -0.4 is 4.74 Å². The lowest BCUT2D eigenvalue weighted by molar-refractivity contribution is -0.165. The quantitative estimate of drug-likeness (QED) is 0.840. The van der Waals surface area contributed by atoms with E-state index < -0.39 is 0 Å². The van der Waals surface area contributed by atoms with Gasteiger partial charge in [0.1, 0.15) is 0 Å². The molecular weight excluding hydrogens is 292 g/mol. The van der Waals surface area contributed by atoms with Gasteiger partial charge in [0, 0.05) is 11.3 Å². The Bertz CT molecular complexity index is 624. The topological polar surface area (TPSA) is 58.9 Å². The van der Waals surface area contributed by atoms with Crippen molar-refractivity contribution in [2.45, 2.75) is 26.9 Å². The normalized spacial score (nSPS) is 36.5. The van der Waals surface area contributed by atoms with Crippen LogP contribution in [0, 0.1) is 23.2 Å². The van der Waals surface area contributed by atoms with E-state index in [0.717, 1.165) is 5.56 Å². The van der Waals surface area contributed by atoms with E-state index in [4.69, 9.17) is 9.47 Å². The van der Waals surface area contributed by atoms with Gasteiger partial charge in [0.15, 0.2) is 11.5 Å². The fraction of sp³-hybridized carbons (Fsp3) is 0.579. The molecule has 4 heteroatoms. The van der Waals surface area contributed by atoms with Crippen molar-refractivity contribution < 1.29 is 19.7 Å². The summed E-state index contributed by atoms with van der Waals surface area (Å²) < 4.78 is 11.5. The third-order valence-electron chi connectivity index (χ3n) is 6.08. The molecule has 1 saturated heterocycles. The molecule has 1 aliphatic heterocycles. The summed E-state index contributed by atoms with van der Waals surface area (Å²) >= 11 is 0. The van der Waals surface area contributed by atoms with Crippen LogP contribution in [0.1, 0.15) is 32.4 Å². The van der Waals surface area contributed by atoms with E-state index in [1.165, 1.54) is 5.57 Å². The summed E-state index contributed by atoms with van der Waals surface area (Å²) in [5.74, 6) is 1.44. The van der Waals surface area contributed by atoms with E-state index in [1.807, 2.05) is 12.1 Å². The third-order valence-corrected chi connectivity index (χ3v) is 6.08. The lowest BCUT2D eigenvalue weighted by Crippen LogP contribution is -2.53. The Morgan fingerprint density at radius 2 is 2.09 bits per heavy atom. The minimum absolute atomic E-state index is 0.0806. The minimum atomic E-state index is -0.207. The minimum Gasteiger partial charge on any atom is -0.504 e. The van der Waals surface area contributed by atoms with Gasteiger partial charge in [0.05, 0.1) is 26.4 Å². The van der Waals surface area contributed by atoms with Crippen LogP contribution in [-0.4, -0.2) is 30.5 Å². The van der Waals surface area contributed by atoms with E-state index >= 15 is 0 Å². The molecule has 1 heterocycles. The Balaban J connectivity index is 2.02. The highest BCUT2D eigenvalue weighted by atomic mass is 16.5. The van der Waals surface area contributed by atoms with Crippen molar-refractivity contribution in [1.29, 1.82) is 0 Å². The molecule has 5 atom stereocenters. The van der Waals surface area contributed by atoms with E-state index in [0.29, 0.717) is 24.2 Å². The number of hydrogen-bond donors (Lipinski definition) is 2. The second kappa shape index (κ2) is 5.84. The van der Waals surface area contributed by atoms with Crippen LogP contribution in [0.25, 0.3) is 0 Å². The SMILES string of the molecule is COc1cc([C@@H]2OC[C@]3(CO)[C@H](C)C=C(C)[C@H]2[C@H]3C)ccc1O. The molecule has 1 aromatic carbocycles. The van der Waals surface area contributed by atoms with E-state index in [1.54, 1.807) is 13.2 Å². The maximum absolute atomic E-state index is 10.0. The molecule has 0 radical (unpaired) electrons. The number of hydrogen-bond acceptors (Lipinski definition) is 4. The summed E-state index contributed by atoms with van der Waals surface area (Å²) in [6.45, 7) is 7.22. The number of aliphatic hydroxyl groups excluding tert-OH is 1. The van der Waals surface area contributed by atoms with Crippen LogP contribution in [-0.2, 0) is 4.74 Å². The molecule has 0 amide bonds. The van der Waals surface area contributed by atoms with Crippen molar-refractivity contribution in [3.63, 3.8) is 0 Å². The molecule has 1 fully saturated rings. The first-order valence-electron chi connectivity index (χ1n) is 8.22. The smallest absolute Gasteiger partial charge is 0.160 e. The maximum atomic E-state index is 10.0. The molecule has 0 saturated carbocycles. The van der Waals surface area contributed by atoms with Gasteiger partial charge in [0.25, 0.3) is 0 Å². The predicted molar refractivity (Wildman–Crippen MR) is 88.4 cm³/mol. The molecule has 0 spiro atoms. The zero-order chi connectivity index (χ0) is 16.8. The molecule has 1 aromatic rings. The number of benzene rings is 1. The van der Waals surface area contributed by atoms with Gasteiger partial charge in [-0.05, 0) is 36.5 Å². The van der Waals surface area contributed by atoms with Crippen LogP contribution in [0.4, 0.5) is 0 Å². The molecule has 0 unspecified atom stereocenters. The van der Waals surface area contributed by atoms with Gasteiger partial charge >= 0.3 is 0 Å². The Labute approximate surface area is 137 Å². The number of fused-ring (bicyclic) bond motifs is 2. The van der Waals surface area contributed by atoms with E-state index in [2.05, 4.69) is 26.8 Å². The van der Waals surface area contributed by atoms with Gasteiger partial charge in [-0.15, -0.1) is 0 Å². The number of allylic oxidation sites excluding steroid dienone is 1. The van der Waals surface area contributed by atoms with Gasteiger partial charge in [-0.3, -0.25) is 0 Å². The Morgan fingerprint density at radius 1 is 1.35 bits per heavy atom. The lowest BCUT2D eigenvalue weighted by Gasteiger charge is -2.55. The molecule has 0 aromatic heterocycles. The van der Waals surface area contributed by atoms with Crippen molar-refractivity contribution in [2.75, 3.05) is 20.3 Å². The van der Waals surface area contributed by atoms with Gasteiger partial charge in [-0.2, -0.15) is 0 Å². The first-order valence-corrected chi connectivity index (χ1v) is 8.22. The van der Waals surface area contributed by atoms with Crippen molar-refractivity contribution in [2.24, 2.45) is 23.2 Å². The number of phenolic OH excluding ortho intramolecular Hbond substituents is 1. The lowest BCUT2D eigenvalue weighted by atomic mass is 9.56.